The molecule has 0 aromatic carbocycles. The Labute approximate surface area is 93.4 Å². The number of nitrogens with zero attached hydrogens (tertiary/aromatic N) is 1. The van der Waals surface area contributed by atoms with Crippen molar-refractivity contribution < 1.29 is 9.47 Å². The van der Waals surface area contributed by atoms with Crippen LogP contribution in [0.15, 0.2) is 17.1 Å². The molecule has 15 heavy (non-hydrogen) atoms. The van der Waals surface area contributed by atoms with Crippen molar-refractivity contribution >= 4 is 11.6 Å². The quantitative estimate of drug-likeness (QED) is 0.571. The van der Waals surface area contributed by atoms with Gasteiger partial charge in [-0.3, -0.25) is 4.79 Å². The number of alkyl halides is 1. The van der Waals surface area contributed by atoms with Crippen molar-refractivity contribution in [3.63, 3.8) is 0 Å². The van der Waals surface area contributed by atoms with E-state index in [1.807, 2.05) is 11.5 Å². The van der Waals surface area contributed by atoms with Crippen molar-refractivity contribution in [2.45, 2.75) is 19.3 Å². The summed E-state index contributed by atoms with van der Waals surface area (Å²) in [5.74, 6) is 0.598. The Hall–Kier alpha value is -1.00. The lowest BCUT2D eigenvalue weighted by atomic mass is 10.3. The molecule has 0 N–H and O–H groups in total. The molecule has 0 fully saturated rings. The molecule has 0 saturated heterocycles. The second-order valence-electron chi connectivity index (χ2n) is 2.96. The van der Waals surface area contributed by atoms with E-state index in [1.165, 1.54) is 13.2 Å². The van der Waals surface area contributed by atoms with E-state index < -0.39 is 0 Å². The Morgan fingerprint density at radius 2 is 2.27 bits per heavy atom. The average molecular weight is 232 g/mol. The van der Waals surface area contributed by atoms with Gasteiger partial charge in [0, 0.05) is 25.4 Å². The van der Waals surface area contributed by atoms with Crippen molar-refractivity contribution in [1.82, 2.24) is 4.57 Å². The zero-order valence-electron chi connectivity index (χ0n) is 8.83. The van der Waals surface area contributed by atoms with E-state index in [2.05, 4.69) is 0 Å². The molecule has 1 rings (SSSR count). The van der Waals surface area contributed by atoms with E-state index in [-0.39, 0.29) is 18.0 Å². The maximum absolute atomic E-state index is 11.5. The van der Waals surface area contributed by atoms with E-state index in [0.717, 1.165) is 12.2 Å². The lowest BCUT2D eigenvalue weighted by Gasteiger charge is -2.11. The van der Waals surface area contributed by atoms with Gasteiger partial charge in [0.15, 0.2) is 12.5 Å². The van der Waals surface area contributed by atoms with Crippen molar-refractivity contribution in [2.75, 3.05) is 13.9 Å². The van der Waals surface area contributed by atoms with Gasteiger partial charge in [0.1, 0.15) is 0 Å². The molecular weight excluding hydrogens is 218 g/mol. The maximum Gasteiger partial charge on any atom is 0.223 e. The topological polar surface area (TPSA) is 40.5 Å². The number of pyridine rings is 1. The molecule has 4 nitrogen and oxygen atoms in total. The number of aromatic nitrogens is 1. The predicted molar refractivity (Wildman–Crippen MR) is 58.4 cm³/mol. The highest BCUT2D eigenvalue weighted by molar-refractivity contribution is 6.16. The molecule has 1 heterocycles. The Morgan fingerprint density at radius 1 is 1.53 bits per heavy atom. The fraction of sp³-hybridized carbons (Fsp3) is 0.500. The van der Waals surface area contributed by atoms with Crippen LogP contribution in [0, 0.1) is 0 Å². The minimum atomic E-state index is -0.174. The molecule has 0 unspecified atom stereocenters. The summed E-state index contributed by atoms with van der Waals surface area (Å²) in [6.07, 6.45) is 1.65. The molecule has 0 spiro atoms. The molecule has 0 aliphatic heterocycles. The van der Waals surface area contributed by atoms with Crippen LogP contribution < -0.4 is 10.2 Å². The third kappa shape index (κ3) is 2.97. The van der Waals surface area contributed by atoms with Gasteiger partial charge in [0.2, 0.25) is 5.43 Å². The van der Waals surface area contributed by atoms with Crippen LogP contribution in [0.3, 0.4) is 0 Å². The van der Waals surface area contributed by atoms with Gasteiger partial charge in [0.05, 0.1) is 12.1 Å². The fourth-order valence-electron chi connectivity index (χ4n) is 1.23. The summed E-state index contributed by atoms with van der Waals surface area (Å²) >= 11 is 5.71. The molecule has 5 heteroatoms. The highest BCUT2D eigenvalue weighted by Gasteiger charge is 2.05. The number of rotatable bonds is 5. The summed E-state index contributed by atoms with van der Waals surface area (Å²) in [4.78, 5) is 11.5. The van der Waals surface area contributed by atoms with E-state index >= 15 is 0 Å². The molecule has 0 bridgehead atoms. The molecular formula is C10H14ClNO3. The number of hydrogen-bond acceptors (Lipinski definition) is 3. The van der Waals surface area contributed by atoms with Crippen LogP contribution in [0.4, 0.5) is 0 Å². The summed E-state index contributed by atoms with van der Waals surface area (Å²) in [5.41, 5.74) is 0.612. The van der Waals surface area contributed by atoms with Crippen molar-refractivity contribution in [3.8, 4) is 5.75 Å². The molecule has 1 aromatic rings. The van der Waals surface area contributed by atoms with Gasteiger partial charge in [-0.25, -0.2) is 0 Å². The highest BCUT2D eigenvalue weighted by atomic mass is 35.5. The largest absolute Gasteiger partial charge is 0.462 e. The third-order valence-corrected chi connectivity index (χ3v) is 2.27. The standard InChI is InChI=1S/C10H14ClNO3/c1-3-12-6-10(15-7-14-2)9(13)4-8(12)5-11/h4,6H,3,5,7H2,1-2H3. The number of halogens is 1. The fourth-order valence-corrected chi connectivity index (χ4v) is 1.46. The third-order valence-electron chi connectivity index (χ3n) is 1.99. The van der Waals surface area contributed by atoms with Gasteiger partial charge in [-0.15, -0.1) is 11.6 Å². The van der Waals surface area contributed by atoms with Crippen LogP contribution in [-0.2, 0) is 17.2 Å². The van der Waals surface area contributed by atoms with Crippen LogP contribution in [0.25, 0.3) is 0 Å². The van der Waals surface area contributed by atoms with Crippen molar-refractivity contribution in [1.29, 1.82) is 0 Å². The molecule has 84 valence electrons. The lowest BCUT2D eigenvalue weighted by Crippen LogP contribution is -2.15. The Bertz CT molecular complexity index is 375. The Morgan fingerprint density at radius 3 is 2.80 bits per heavy atom. The van der Waals surface area contributed by atoms with Crippen LogP contribution in [-0.4, -0.2) is 18.5 Å². The van der Waals surface area contributed by atoms with Gasteiger partial charge < -0.3 is 14.0 Å². The van der Waals surface area contributed by atoms with Crippen molar-refractivity contribution in [3.05, 3.63) is 28.2 Å². The summed E-state index contributed by atoms with van der Waals surface area (Å²) in [6, 6.07) is 1.49. The first-order valence-electron chi connectivity index (χ1n) is 4.64. The first kappa shape index (κ1) is 12.1. The lowest BCUT2D eigenvalue weighted by molar-refractivity contribution is 0.0498. The van der Waals surface area contributed by atoms with Gasteiger partial charge in [0.25, 0.3) is 0 Å². The molecule has 0 amide bonds. The van der Waals surface area contributed by atoms with Gasteiger partial charge in [-0.2, -0.15) is 0 Å². The first-order valence-corrected chi connectivity index (χ1v) is 5.17. The normalized spacial score (nSPS) is 10.3. The Kier molecular flexibility index (Phi) is 4.65. The maximum atomic E-state index is 11.5. The van der Waals surface area contributed by atoms with Crippen LogP contribution in [0.2, 0.25) is 0 Å². The molecule has 0 aliphatic rings. The van der Waals surface area contributed by atoms with E-state index in [9.17, 15) is 4.79 Å². The van der Waals surface area contributed by atoms with Crippen LogP contribution in [0.5, 0.6) is 5.75 Å². The first-order chi connectivity index (χ1) is 7.22. The molecule has 1 aromatic heterocycles. The second kappa shape index (κ2) is 5.78. The average Bonchev–Trinajstić information content (AvgIpc) is 2.27. The van der Waals surface area contributed by atoms with Gasteiger partial charge in [-0.1, -0.05) is 0 Å². The van der Waals surface area contributed by atoms with Crippen LogP contribution >= 0.6 is 11.6 Å². The highest BCUT2D eigenvalue weighted by Crippen LogP contribution is 2.09. The van der Waals surface area contributed by atoms with E-state index in [0.29, 0.717) is 5.88 Å². The molecule has 0 atom stereocenters. The summed E-state index contributed by atoms with van der Waals surface area (Å²) in [5, 5.41) is 0. The zero-order valence-corrected chi connectivity index (χ0v) is 9.58. The monoisotopic (exact) mass is 231 g/mol. The van der Waals surface area contributed by atoms with E-state index in [1.54, 1.807) is 6.20 Å². The summed E-state index contributed by atoms with van der Waals surface area (Å²) < 4.78 is 11.7. The summed E-state index contributed by atoms with van der Waals surface area (Å²) in [7, 11) is 1.51. The van der Waals surface area contributed by atoms with Gasteiger partial charge in [-0.05, 0) is 6.92 Å². The Balaban J connectivity index is 3.03. The smallest absolute Gasteiger partial charge is 0.223 e. The number of hydrogen-bond donors (Lipinski definition) is 0. The summed E-state index contributed by atoms with van der Waals surface area (Å²) in [6.45, 7) is 2.78. The predicted octanol–water partition coefficient (Wildman–Crippen LogP) is 1.59. The zero-order chi connectivity index (χ0) is 11.3. The number of methoxy groups -OCH3 is 1. The molecule has 0 aliphatic carbocycles. The molecule has 0 radical (unpaired) electrons. The van der Waals surface area contributed by atoms with Crippen LogP contribution in [0.1, 0.15) is 12.6 Å². The number of ether oxygens (including phenoxy) is 2. The van der Waals surface area contributed by atoms with E-state index in [4.69, 9.17) is 21.1 Å². The van der Waals surface area contributed by atoms with Gasteiger partial charge >= 0.3 is 0 Å². The van der Waals surface area contributed by atoms with Crippen molar-refractivity contribution in [2.24, 2.45) is 0 Å². The molecule has 0 saturated carbocycles. The minimum Gasteiger partial charge on any atom is -0.462 e. The second-order valence-corrected chi connectivity index (χ2v) is 3.23. The SMILES string of the molecule is CCn1cc(OCOC)c(=O)cc1CCl. The minimum absolute atomic E-state index is 0.0686. The number of aryl methyl sites for hydroxylation is 1.